The van der Waals surface area contributed by atoms with Crippen LogP contribution in [0.3, 0.4) is 0 Å². The zero-order valence-corrected chi connectivity index (χ0v) is 16.3. The third kappa shape index (κ3) is 3.53. The molecule has 0 spiro atoms. The van der Waals surface area contributed by atoms with Crippen LogP contribution in [0.4, 0.5) is 0 Å². The van der Waals surface area contributed by atoms with Gasteiger partial charge in [0.1, 0.15) is 24.1 Å². The molecule has 142 valence electrons. The second kappa shape index (κ2) is 7.26. The highest BCUT2D eigenvalue weighted by Crippen LogP contribution is 2.29. The Balaban J connectivity index is 1.52. The van der Waals surface area contributed by atoms with Crippen molar-refractivity contribution in [3.8, 4) is 10.6 Å². The van der Waals surface area contributed by atoms with Crippen LogP contribution in [0.2, 0.25) is 0 Å². The third-order valence-corrected chi connectivity index (χ3v) is 6.50. The number of carbonyl (C=O) groups excluding carboxylic acids is 1. The molecule has 1 fully saturated rings. The van der Waals surface area contributed by atoms with Crippen molar-refractivity contribution in [1.29, 1.82) is 0 Å². The Morgan fingerprint density at radius 2 is 2.22 bits per heavy atom. The smallest absolute Gasteiger partial charge is 0.293 e. The molecule has 1 aliphatic carbocycles. The molecule has 3 aromatic rings. The van der Waals surface area contributed by atoms with Crippen molar-refractivity contribution < 1.29 is 4.79 Å². The molecule has 1 aliphatic rings. The number of aromatic nitrogens is 4. The summed E-state index contributed by atoms with van der Waals surface area (Å²) in [6, 6.07) is 5.81. The van der Waals surface area contributed by atoms with Crippen molar-refractivity contribution in [2.45, 2.75) is 45.7 Å². The van der Waals surface area contributed by atoms with Crippen LogP contribution in [-0.4, -0.2) is 31.3 Å². The van der Waals surface area contributed by atoms with Crippen molar-refractivity contribution in [2.24, 2.45) is 11.8 Å². The molecular weight excluding hydrogens is 362 g/mol. The number of nitrogens with zero attached hydrogens (tertiary/aromatic N) is 4. The number of carbonyl (C=O) groups is 1. The maximum Gasteiger partial charge on any atom is 0.293 e. The lowest BCUT2D eigenvalue weighted by Gasteiger charge is -2.34. The van der Waals surface area contributed by atoms with E-state index in [0.29, 0.717) is 17.4 Å². The zero-order chi connectivity index (χ0) is 19.0. The molecule has 0 radical (unpaired) electrons. The maximum atomic E-state index is 12.7. The van der Waals surface area contributed by atoms with Gasteiger partial charge in [0.05, 0.1) is 4.88 Å². The average molecular weight is 385 g/mol. The second-order valence-electron chi connectivity index (χ2n) is 7.37. The molecule has 1 amide bonds. The Morgan fingerprint density at radius 3 is 3.00 bits per heavy atom. The Kier molecular flexibility index (Phi) is 4.82. The number of hydrogen-bond acceptors (Lipinski definition) is 5. The third-order valence-electron chi connectivity index (χ3n) is 5.61. The highest BCUT2D eigenvalue weighted by molar-refractivity contribution is 7.13. The van der Waals surface area contributed by atoms with E-state index in [4.69, 9.17) is 0 Å². The van der Waals surface area contributed by atoms with E-state index in [9.17, 15) is 9.59 Å². The lowest BCUT2D eigenvalue weighted by molar-refractivity contribution is -0.123. The van der Waals surface area contributed by atoms with Crippen molar-refractivity contribution in [3.63, 3.8) is 0 Å². The Labute approximate surface area is 161 Å². The van der Waals surface area contributed by atoms with Crippen molar-refractivity contribution in [2.75, 3.05) is 0 Å². The standard InChI is InChI=1S/C19H23N5O2S/c1-12-5-3-6-14(13(12)2)21-18(25)10-23-19(26)16-9-15(17-7-4-8-27-17)22-24(16)11-20-23/h4,7-9,11-14H,3,5-6,10H2,1-2H3,(H,21,25)/t12-,13+,14+/m1/s1. The summed E-state index contributed by atoms with van der Waals surface area (Å²) in [5.41, 5.74) is 0.838. The molecule has 27 heavy (non-hydrogen) atoms. The van der Waals surface area contributed by atoms with E-state index in [1.807, 2.05) is 17.5 Å². The second-order valence-corrected chi connectivity index (χ2v) is 8.32. The topological polar surface area (TPSA) is 81.3 Å². The van der Waals surface area contributed by atoms with Crippen LogP contribution in [0.25, 0.3) is 16.1 Å². The molecule has 3 atom stereocenters. The van der Waals surface area contributed by atoms with Gasteiger partial charge in [0.15, 0.2) is 0 Å². The van der Waals surface area contributed by atoms with Crippen LogP contribution < -0.4 is 10.9 Å². The summed E-state index contributed by atoms with van der Waals surface area (Å²) in [7, 11) is 0. The fourth-order valence-electron chi connectivity index (χ4n) is 3.77. The predicted octanol–water partition coefficient (Wildman–Crippen LogP) is 2.56. The van der Waals surface area contributed by atoms with Gasteiger partial charge in [-0.1, -0.05) is 32.8 Å². The molecule has 1 saturated carbocycles. The van der Waals surface area contributed by atoms with Crippen LogP contribution in [0.1, 0.15) is 33.1 Å². The van der Waals surface area contributed by atoms with E-state index in [-0.39, 0.29) is 24.1 Å². The summed E-state index contributed by atoms with van der Waals surface area (Å²) in [5.74, 6) is 0.875. The number of rotatable bonds is 4. The van der Waals surface area contributed by atoms with Gasteiger partial charge in [0, 0.05) is 6.04 Å². The van der Waals surface area contributed by atoms with Gasteiger partial charge in [0.2, 0.25) is 5.91 Å². The zero-order valence-electron chi connectivity index (χ0n) is 15.5. The number of amides is 1. The highest BCUT2D eigenvalue weighted by atomic mass is 32.1. The molecule has 0 saturated heterocycles. The molecule has 0 bridgehead atoms. The molecule has 4 rings (SSSR count). The Hall–Kier alpha value is -2.48. The van der Waals surface area contributed by atoms with Crippen molar-refractivity contribution >= 4 is 22.8 Å². The quantitative estimate of drug-likeness (QED) is 0.748. The minimum Gasteiger partial charge on any atom is -0.351 e. The summed E-state index contributed by atoms with van der Waals surface area (Å²) in [5, 5.41) is 13.6. The molecule has 7 nitrogen and oxygen atoms in total. The lowest BCUT2D eigenvalue weighted by Crippen LogP contribution is -2.45. The van der Waals surface area contributed by atoms with Gasteiger partial charge in [0.25, 0.3) is 5.56 Å². The van der Waals surface area contributed by atoms with E-state index < -0.39 is 0 Å². The number of fused-ring (bicyclic) bond motifs is 1. The monoisotopic (exact) mass is 385 g/mol. The summed E-state index contributed by atoms with van der Waals surface area (Å²) in [6.07, 6.45) is 4.80. The van der Waals surface area contributed by atoms with E-state index in [1.165, 1.54) is 21.9 Å². The summed E-state index contributed by atoms with van der Waals surface area (Å²) < 4.78 is 2.68. The van der Waals surface area contributed by atoms with Gasteiger partial charge < -0.3 is 5.32 Å². The minimum absolute atomic E-state index is 0.0769. The Morgan fingerprint density at radius 1 is 1.37 bits per heavy atom. The van der Waals surface area contributed by atoms with Crippen LogP contribution >= 0.6 is 11.3 Å². The van der Waals surface area contributed by atoms with E-state index in [2.05, 4.69) is 29.4 Å². The first-order chi connectivity index (χ1) is 13.0. The molecule has 0 aromatic carbocycles. The number of nitrogens with one attached hydrogen (secondary N) is 1. The summed E-state index contributed by atoms with van der Waals surface area (Å²) in [4.78, 5) is 26.2. The maximum absolute atomic E-state index is 12.7. The van der Waals surface area contributed by atoms with E-state index in [0.717, 1.165) is 23.4 Å². The molecule has 8 heteroatoms. The van der Waals surface area contributed by atoms with Crippen LogP contribution in [0.15, 0.2) is 34.7 Å². The highest BCUT2D eigenvalue weighted by Gasteiger charge is 2.28. The first-order valence-electron chi connectivity index (χ1n) is 9.31. The first-order valence-corrected chi connectivity index (χ1v) is 10.2. The number of hydrogen-bond donors (Lipinski definition) is 1. The molecule has 3 aromatic heterocycles. The fourth-order valence-corrected chi connectivity index (χ4v) is 4.45. The molecule has 3 heterocycles. The molecule has 0 aliphatic heterocycles. The normalized spacial score (nSPS) is 22.8. The largest absolute Gasteiger partial charge is 0.351 e. The first kappa shape index (κ1) is 17.9. The van der Waals surface area contributed by atoms with Gasteiger partial charge in [-0.15, -0.1) is 11.3 Å². The predicted molar refractivity (Wildman–Crippen MR) is 105 cm³/mol. The van der Waals surface area contributed by atoms with Gasteiger partial charge in [-0.2, -0.15) is 10.2 Å². The fraction of sp³-hybridized carbons (Fsp3) is 0.474. The SMILES string of the molecule is C[C@H]1[C@H](C)CCC[C@@H]1NC(=O)Cn1ncn2nc(-c3cccs3)cc2c1=O. The van der Waals surface area contributed by atoms with Gasteiger partial charge in [-0.05, 0) is 35.8 Å². The minimum atomic E-state index is -0.312. The van der Waals surface area contributed by atoms with Crippen molar-refractivity contribution in [3.05, 3.63) is 40.3 Å². The van der Waals surface area contributed by atoms with Gasteiger partial charge >= 0.3 is 0 Å². The van der Waals surface area contributed by atoms with Crippen molar-refractivity contribution in [1.82, 2.24) is 24.7 Å². The summed E-state index contributed by atoms with van der Waals surface area (Å²) >= 11 is 1.56. The number of thiophene rings is 1. The van der Waals surface area contributed by atoms with Crippen LogP contribution in [0.5, 0.6) is 0 Å². The molecule has 1 N–H and O–H groups in total. The van der Waals surface area contributed by atoms with Crippen LogP contribution in [-0.2, 0) is 11.3 Å². The summed E-state index contributed by atoms with van der Waals surface area (Å²) in [6.45, 7) is 4.34. The van der Waals surface area contributed by atoms with Gasteiger partial charge in [-0.3, -0.25) is 9.59 Å². The molecular formula is C19H23N5O2S. The van der Waals surface area contributed by atoms with E-state index >= 15 is 0 Å². The van der Waals surface area contributed by atoms with E-state index in [1.54, 1.807) is 17.4 Å². The molecule has 0 unspecified atom stereocenters. The Bertz CT molecular complexity index is 1010. The average Bonchev–Trinajstić information content (AvgIpc) is 3.31. The van der Waals surface area contributed by atoms with Gasteiger partial charge in [-0.25, -0.2) is 9.20 Å². The lowest BCUT2D eigenvalue weighted by atomic mass is 9.78. The van der Waals surface area contributed by atoms with Crippen LogP contribution in [0, 0.1) is 11.8 Å².